The number of hydrogen-bond acceptors (Lipinski definition) is 1. The van der Waals surface area contributed by atoms with Crippen LogP contribution in [0.15, 0.2) is 18.2 Å². The van der Waals surface area contributed by atoms with E-state index in [1.807, 2.05) is 0 Å². The fourth-order valence-electron chi connectivity index (χ4n) is 2.33. The fourth-order valence-corrected chi connectivity index (χ4v) is 2.33. The second-order valence-corrected chi connectivity index (χ2v) is 5.95. The molecule has 0 aliphatic heterocycles. The monoisotopic (exact) mass is 247 g/mol. The molecule has 0 fully saturated rings. The lowest BCUT2D eigenvalue weighted by atomic mass is 9.80. The smallest absolute Gasteiger partial charge is 0.000824 e. The minimum atomic E-state index is 0.369. The first-order chi connectivity index (χ1) is 8.50. The highest BCUT2D eigenvalue weighted by molar-refractivity contribution is 5.31. The molecule has 0 bridgehead atoms. The first kappa shape index (κ1) is 15.2. The van der Waals surface area contributed by atoms with Gasteiger partial charge in [-0.05, 0) is 56.2 Å². The number of hydrogen-bond donors (Lipinski definition) is 1. The molecule has 1 nitrogen and oxygen atoms in total. The van der Waals surface area contributed by atoms with Gasteiger partial charge >= 0.3 is 0 Å². The van der Waals surface area contributed by atoms with Crippen molar-refractivity contribution in [3.8, 4) is 0 Å². The third-order valence-electron chi connectivity index (χ3n) is 3.95. The molecule has 0 saturated carbocycles. The van der Waals surface area contributed by atoms with Crippen molar-refractivity contribution in [1.29, 1.82) is 0 Å². The normalized spacial score (nSPS) is 14.5. The third-order valence-corrected chi connectivity index (χ3v) is 3.95. The van der Waals surface area contributed by atoms with Crippen LogP contribution in [-0.4, -0.2) is 13.1 Å². The van der Waals surface area contributed by atoms with Crippen LogP contribution in [0.3, 0.4) is 0 Å². The van der Waals surface area contributed by atoms with Crippen molar-refractivity contribution in [3.05, 3.63) is 34.9 Å². The predicted molar refractivity (Wildman–Crippen MR) is 81.2 cm³/mol. The molecule has 1 heteroatoms. The first-order valence-electron chi connectivity index (χ1n) is 7.27. The summed E-state index contributed by atoms with van der Waals surface area (Å²) in [6.07, 6.45) is 3.61. The molecule has 1 unspecified atom stereocenters. The molecule has 0 aromatic heterocycles. The van der Waals surface area contributed by atoms with Crippen molar-refractivity contribution in [3.63, 3.8) is 0 Å². The summed E-state index contributed by atoms with van der Waals surface area (Å²) in [6.45, 7) is 13.6. The van der Waals surface area contributed by atoms with Gasteiger partial charge in [0.2, 0.25) is 0 Å². The number of aryl methyl sites for hydroxylation is 2. The zero-order chi connectivity index (χ0) is 13.6. The van der Waals surface area contributed by atoms with Crippen molar-refractivity contribution >= 4 is 0 Å². The molecule has 102 valence electrons. The maximum Gasteiger partial charge on any atom is 0.000824 e. The Labute approximate surface area is 113 Å². The number of nitrogens with one attached hydrogen (secondary N) is 1. The maximum absolute atomic E-state index is 3.58. The van der Waals surface area contributed by atoms with E-state index >= 15 is 0 Å². The van der Waals surface area contributed by atoms with Gasteiger partial charge in [0, 0.05) is 6.54 Å². The van der Waals surface area contributed by atoms with Gasteiger partial charge in [-0.25, -0.2) is 0 Å². The summed E-state index contributed by atoms with van der Waals surface area (Å²) in [5.41, 5.74) is 4.68. The standard InChI is InChI=1S/C17H29N/c1-6-10-18-13-17(5,7-2)12-16-11-14(3)8-9-15(16)4/h8-9,11,18H,6-7,10,12-13H2,1-5H3. The second kappa shape index (κ2) is 6.94. The average molecular weight is 247 g/mol. The molecule has 1 atom stereocenters. The Morgan fingerprint density at radius 3 is 2.50 bits per heavy atom. The largest absolute Gasteiger partial charge is 0.316 e. The summed E-state index contributed by atoms with van der Waals surface area (Å²) in [6, 6.07) is 6.81. The van der Waals surface area contributed by atoms with E-state index in [1.54, 1.807) is 0 Å². The SMILES string of the molecule is CCCNCC(C)(CC)Cc1cc(C)ccc1C. The van der Waals surface area contributed by atoms with E-state index in [2.05, 4.69) is 58.1 Å². The average Bonchev–Trinajstić information content (AvgIpc) is 2.34. The maximum atomic E-state index is 3.58. The van der Waals surface area contributed by atoms with Gasteiger partial charge < -0.3 is 5.32 Å². The van der Waals surface area contributed by atoms with Crippen molar-refractivity contribution in [1.82, 2.24) is 5.32 Å². The van der Waals surface area contributed by atoms with Gasteiger partial charge in [0.25, 0.3) is 0 Å². The Morgan fingerprint density at radius 2 is 1.89 bits per heavy atom. The highest BCUT2D eigenvalue weighted by atomic mass is 14.9. The van der Waals surface area contributed by atoms with Gasteiger partial charge in [-0.1, -0.05) is 44.5 Å². The van der Waals surface area contributed by atoms with Crippen LogP contribution in [0, 0.1) is 19.3 Å². The molecular formula is C17H29N. The first-order valence-corrected chi connectivity index (χ1v) is 7.27. The molecule has 1 aromatic rings. The van der Waals surface area contributed by atoms with Gasteiger partial charge in [-0.15, -0.1) is 0 Å². The van der Waals surface area contributed by atoms with E-state index in [4.69, 9.17) is 0 Å². The summed E-state index contributed by atoms with van der Waals surface area (Å²) >= 11 is 0. The molecule has 0 saturated heterocycles. The summed E-state index contributed by atoms with van der Waals surface area (Å²) in [5, 5.41) is 3.58. The van der Waals surface area contributed by atoms with Gasteiger partial charge in [0.1, 0.15) is 0 Å². The van der Waals surface area contributed by atoms with Crippen LogP contribution in [0.5, 0.6) is 0 Å². The minimum Gasteiger partial charge on any atom is -0.316 e. The van der Waals surface area contributed by atoms with Crippen LogP contribution < -0.4 is 5.32 Å². The summed E-state index contributed by atoms with van der Waals surface area (Å²) < 4.78 is 0. The molecule has 1 aromatic carbocycles. The van der Waals surface area contributed by atoms with Crippen LogP contribution in [0.1, 0.15) is 50.3 Å². The molecule has 1 rings (SSSR count). The molecule has 0 radical (unpaired) electrons. The summed E-state index contributed by atoms with van der Waals surface area (Å²) in [4.78, 5) is 0. The quantitative estimate of drug-likeness (QED) is 0.710. The number of rotatable bonds is 7. The molecular weight excluding hydrogens is 218 g/mol. The Morgan fingerprint density at radius 1 is 1.17 bits per heavy atom. The van der Waals surface area contributed by atoms with E-state index in [9.17, 15) is 0 Å². The van der Waals surface area contributed by atoms with E-state index in [0.29, 0.717) is 5.41 Å². The van der Waals surface area contributed by atoms with Crippen molar-refractivity contribution in [2.45, 2.75) is 53.9 Å². The van der Waals surface area contributed by atoms with Crippen molar-refractivity contribution in [2.24, 2.45) is 5.41 Å². The molecule has 0 heterocycles. The van der Waals surface area contributed by atoms with Gasteiger partial charge in [0.05, 0.1) is 0 Å². The van der Waals surface area contributed by atoms with Crippen molar-refractivity contribution in [2.75, 3.05) is 13.1 Å². The summed E-state index contributed by atoms with van der Waals surface area (Å²) in [7, 11) is 0. The fraction of sp³-hybridized carbons (Fsp3) is 0.647. The predicted octanol–water partition coefficient (Wildman–Crippen LogP) is 4.26. The van der Waals surface area contributed by atoms with Crippen molar-refractivity contribution < 1.29 is 0 Å². The topological polar surface area (TPSA) is 12.0 Å². The van der Waals surface area contributed by atoms with Gasteiger partial charge in [-0.3, -0.25) is 0 Å². The molecule has 0 aliphatic carbocycles. The van der Waals surface area contributed by atoms with E-state index < -0.39 is 0 Å². The Hall–Kier alpha value is -0.820. The zero-order valence-corrected chi connectivity index (χ0v) is 12.8. The molecule has 1 N–H and O–H groups in total. The highest BCUT2D eigenvalue weighted by Gasteiger charge is 2.22. The Kier molecular flexibility index (Phi) is 5.87. The van der Waals surface area contributed by atoms with Gasteiger partial charge in [0.15, 0.2) is 0 Å². The molecule has 18 heavy (non-hydrogen) atoms. The lowest BCUT2D eigenvalue weighted by Crippen LogP contribution is -2.33. The van der Waals surface area contributed by atoms with E-state index in [0.717, 1.165) is 13.1 Å². The zero-order valence-electron chi connectivity index (χ0n) is 12.8. The minimum absolute atomic E-state index is 0.369. The van der Waals surface area contributed by atoms with E-state index in [1.165, 1.54) is 36.0 Å². The molecule has 0 amide bonds. The van der Waals surface area contributed by atoms with Crippen LogP contribution in [0.2, 0.25) is 0 Å². The Bertz CT molecular complexity index is 370. The molecule has 0 aliphatic rings. The highest BCUT2D eigenvalue weighted by Crippen LogP contribution is 2.27. The van der Waals surface area contributed by atoms with Gasteiger partial charge in [-0.2, -0.15) is 0 Å². The van der Waals surface area contributed by atoms with Crippen LogP contribution in [-0.2, 0) is 6.42 Å². The van der Waals surface area contributed by atoms with Crippen LogP contribution in [0.25, 0.3) is 0 Å². The van der Waals surface area contributed by atoms with E-state index in [-0.39, 0.29) is 0 Å². The van der Waals surface area contributed by atoms with Crippen LogP contribution >= 0.6 is 0 Å². The van der Waals surface area contributed by atoms with Crippen LogP contribution in [0.4, 0.5) is 0 Å². The second-order valence-electron chi connectivity index (χ2n) is 5.95. The molecule has 0 spiro atoms. The lowest BCUT2D eigenvalue weighted by molar-refractivity contribution is 0.290. The Balaban J connectivity index is 2.74. The lowest BCUT2D eigenvalue weighted by Gasteiger charge is -2.29. The third kappa shape index (κ3) is 4.45. The summed E-state index contributed by atoms with van der Waals surface area (Å²) in [5.74, 6) is 0. The number of benzene rings is 1.